The van der Waals surface area contributed by atoms with Crippen LogP contribution in [0.4, 0.5) is 0 Å². The first-order valence-corrected chi connectivity index (χ1v) is 16.5. The van der Waals surface area contributed by atoms with Crippen LogP contribution in [0.25, 0.3) is 0 Å². The summed E-state index contributed by atoms with van der Waals surface area (Å²) in [4.78, 5) is 10.6. The first-order valence-electron chi connectivity index (χ1n) is 6.36. The number of hydrogen-bond donors (Lipinski definition) is 0. The molecule has 0 saturated heterocycles. The van der Waals surface area contributed by atoms with Gasteiger partial charge in [-0.1, -0.05) is 26.2 Å². The van der Waals surface area contributed by atoms with Crippen molar-refractivity contribution in [3.63, 3.8) is 0 Å². The smallest absolute Gasteiger partial charge is 0.330 e. The molecule has 0 radical (unpaired) electrons. The van der Waals surface area contributed by atoms with E-state index in [9.17, 15) is 4.79 Å². The summed E-state index contributed by atoms with van der Waals surface area (Å²) in [6.45, 7) is 15.2. The lowest BCUT2D eigenvalue weighted by Crippen LogP contribution is -2.28. The van der Waals surface area contributed by atoms with Gasteiger partial charge in [0.25, 0.3) is 0 Å². The molecule has 0 aliphatic rings. The van der Waals surface area contributed by atoms with Crippen molar-refractivity contribution in [3.05, 3.63) is 12.7 Å². The number of rotatable bonds is 6. The van der Waals surface area contributed by atoms with Crippen molar-refractivity contribution in [1.82, 2.24) is 0 Å². The molecule has 0 fully saturated rings. The highest BCUT2D eigenvalue weighted by atomic mass is 29.2. The highest BCUT2D eigenvalue weighted by Crippen LogP contribution is 2.11. The van der Waals surface area contributed by atoms with Crippen LogP contribution in [0.15, 0.2) is 12.7 Å². The van der Waals surface area contributed by atoms with E-state index in [0.29, 0.717) is 6.61 Å². The molecule has 0 N–H and O–H groups in total. The Morgan fingerprint density at radius 1 is 1.28 bits per heavy atom. The lowest BCUT2D eigenvalue weighted by molar-refractivity contribution is -0.137. The van der Waals surface area contributed by atoms with Gasteiger partial charge >= 0.3 is 5.97 Å². The average Bonchev–Trinajstić information content (AvgIpc) is 2.21. The van der Waals surface area contributed by atoms with Crippen LogP contribution >= 0.6 is 0 Å². The third-order valence-electron chi connectivity index (χ3n) is 1.89. The molecule has 0 bridgehead atoms. The van der Waals surface area contributed by atoms with Crippen molar-refractivity contribution in [1.29, 1.82) is 0 Å². The van der Waals surface area contributed by atoms with Gasteiger partial charge < -0.3 is 9.16 Å². The fraction of sp³-hybridized carbons (Fsp3) is 0.750. The third-order valence-corrected chi connectivity index (χ3v) is 4.55. The van der Waals surface area contributed by atoms with Crippen molar-refractivity contribution in [2.75, 3.05) is 13.7 Å². The highest BCUT2D eigenvalue weighted by Gasteiger charge is 2.19. The predicted octanol–water partition coefficient (Wildman–Crippen LogP) is 2.14. The number of esters is 1. The van der Waals surface area contributed by atoms with E-state index in [1.165, 1.54) is 15.8 Å². The first-order chi connectivity index (χ1) is 8.02. The van der Waals surface area contributed by atoms with Gasteiger partial charge in [0.1, 0.15) is 0 Å². The average molecular weight is 307 g/mol. The van der Waals surface area contributed by atoms with E-state index in [1.54, 1.807) is 7.11 Å². The lowest BCUT2D eigenvalue weighted by Gasteiger charge is -2.19. The molecular weight excluding hydrogens is 276 g/mol. The van der Waals surface area contributed by atoms with E-state index in [2.05, 4.69) is 39.3 Å². The van der Waals surface area contributed by atoms with E-state index in [4.69, 9.17) is 9.16 Å². The Bertz CT molecular complexity index is 241. The maximum Gasteiger partial charge on any atom is 0.330 e. The normalized spacial score (nSPS) is 11.4. The summed E-state index contributed by atoms with van der Waals surface area (Å²) in [5.74, 6) is -0.350. The number of carbonyl (C=O) groups is 1. The highest BCUT2D eigenvalue weighted by molar-refractivity contribution is 7.15. The van der Waals surface area contributed by atoms with Gasteiger partial charge in [-0.2, -0.15) is 0 Å². The van der Waals surface area contributed by atoms with Crippen molar-refractivity contribution in [2.45, 2.75) is 45.2 Å². The summed E-state index contributed by atoms with van der Waals surface area (Å²) in [6, 6.07) is 1.01. The predicted molar refractivity (Wildman–Crippen MR) is 88.4 cm³/mol. The summed E-state index contributed by atoms with van der Waals surface area (Å²) in [6.07, 6.45) is 2.05. The molecule has 0 amide bonds. The zero-order valence-electron chi connectivity index (χ0n) is 13.1. The second kappa shape index (κ2) is 9.71. The van der Waals surface area contributed by atoms with E-state index >= 15 is 0 Å². The molecule has 0 aromatic heterocycles. The summed E-state index contributed by atoms with van der Waals surface area (Å²) in [7, 11) is 1.24. The van der Waals surface area contributed by atoms with Gasteiger partial charge in [-0.3, -0.25) is 0 Å². The molecule has 0 aromatic carbocycles. The van der Waals surface area contributed by atoms with Crippen molar-refractivity contribution >= 4 is 31.6 Å². The quantitative estimate of drug-likeness (QED) is 0.326. The number of carbonyl (C=O) groups excluding carboxylic acids is 1. The molecule has 0 aliphatic carbocycles. The van der Waals surface area contributed by atoms with E-state index < -0.39 is 15.9 Å². The molecule has 0 saturated carbocycles. The second-order valence-electron chi connectivity index (χ2n) is 6.44. The molecular formula is C12H30O3Si3. The molecule has 0 aliphatic heterocycles. The lowest BCUT2D eigenvalue weighted by atomic mass is 10.5. The van der Waals surface area contributed by atoms with Crippen LogP contribution < -0.4 is 0 Å². The van der Waals surface area contributed by atoms with Gasteiger partial charge in [0.2, 0.25) is 0 Å². The van der Waals surface area contributed by atoms with Gasteiger partial charge in [-0.15, -0.1) is 0 Å². The minimum atomic E-state index is -1.48. The fourth-order valence-electron chi connectivity index (χ4n) is 0.832. The van der Waals surface area contributed by atoms with Gasteiger partial charge in [-0.05, 0) is 35.3 Å². The molecule has 0 rings (SSSR count). The standard InChI is InChI=1S/C9H18O3Si.C3H12Si2/c1-5-9(10)12-7-6-8-13(3,4)11-2;1-5(2,3)4/h5H,1,6-8H2,2-4H3;1-4H3. The van der Waals surface area contributed by atoms with Crippen LogP contribution in [-0.4, -0.2) is 45.4 Å². The molecule has 0 heterocycles. The van der Waals surface area contributed by atoms with Crippen LogP contribution in [0.5, 0.6) is 0 Å². The Labute approximate surface area is 117 Å². The minimum absolute atomic E-state index is 0.350. The molecule has 0 atom stereocenters. The maximum atomic E-state index is 10.6. The SMILES string of the molecule is C=CC(=O)OCCC[Si](C)(C)OC.C[Si](C)(C)[SiH3]. The first kappa shape index (κ1) is 20.1. The third kappa shape index (κ3) is 21.1. The van der Waals surface area contributed by atoms with Crippen LogP contribution in [0.2, 0.25) is 38.8 Å². The molecule has 0 unspecified atom stereocenters. The topological polar surface area (TPSA) is 35.5 Å². The fourth-order valence-corrected chi connectivity index (χ4v) is 2.03. The summed E-state index contributed by atoms with van der Waals surface area (Å²) < 4.78 is 10.2. The zero-order chi connectivity index (χ0) is 14.8. The van der Waals surface area contributed by atoms with E-state index in [-0.39, 0.29) is 5.97 Å². The van der Waals surface area contributed by atoms with Crippen molar-refractivity contribution in [3.8, 4) is 0 Å². The van der Waals surface area contributed by atoms with Crippen molar-refractivity contribution in [2.24, 2.45) is 0 Å². The molecule has 18 heavy (non-hydrogen) atoms. The molecule has 6 heteroatoms. The summed E-state index contributed by atoms with van der Waals surface area (Å²) >= 11 is 0. The van der Waals surface area contributed by atoms with Crippen LogP contribution in [0.3, 0.4) is 0 Å². The van der Waals surface area contributed by atoms with E-state index in [0.717, 1.165) is 12.5 Å². The zero-order valence-corrected chi connectivity index (χ0v) is 17.1. The van der Waals surface area contributed by atoms with Crippen LogP contribution in [0, 0.1) is 0 Å². The Hall–Kier alpha value is -0.179. The monoisotopic (exact) mass is 306 g/mol. The maximum absolute atomic E-state index is 10.6. The Morgan fingerprint density at radius 3 is 2.06 bits per heavy atom. The number of ether oxygens (including phenoxy) is 1. The Kier molecular flexibility index (Phi) is 10.9. The molecule has 108 valence electrons. The largest absolute Gasteiger partial charge is 0.463 e. The molecule has 0 spiro atoms. The Morgan fingerprint density at radius 2 is 1.72 bits per heavy atom. The minimum Gasteiger partial charge on any atom is -0.463 e. The van der Waals surface area contributed by atoms with Crippen LogP contribution in [0.1, 0.15) is 6.42 Å². The van der Waals surface area contributed by atoms with Crippen LogP contribution in [-0.2, 0) is 14.0 Å². The Balaban J connectivity index is 0. The summed E-state index contributed by atoms with van der Waals surface area (Å²) in [5, 5.41) is 0. The molecule has 3 nitrogen and oxygen atoms in total. The van der Waals surface area contributed by atoms with Gasteiger partial charge in [0.05, 0.1) is 6.61 Å². The second-order valence-corrected chi connectivity index (χ2v) is 25.9. The van der Waals surface area contributed by atoms with Gasteiger partial charge in [0, 0.05) is 20.8 Å². The van der Waals surface area contributed by atoms with Crippen molar-refractivity contribution < 1.29 is 14.0 Å². The van der Waals surface area contributed by atoms with Gasteiger partial charge in [-0.25, -0.2) is 4.79 Å². The summed E-state index contributed by atoms with van der Waals surface area (Å²) in [5.41, 5.74) is 0. The molecule has 0 aromatic rings. The van der Waals surface area contributed by atoms with E-state index in [1.807, 2.05) is 0 Å². The van der Waals surface area contributed by atoms with Gasteiger partial charge in [0.15, 0.2) is 8.32 Å². The number of hydrogen-bond acceptors (Lipinski definition) is 3.